The van der Waals surface area contributed by atoms with Gasteiger partial charge in [-0.15, -0.1) is 0 Å². The molecular weight excluding hydrogens is 160 g/mol. The SMILES string of the molecule is COCC(C)OC(C)OCCO. The Hall–Kier alpha value is -0.160. The summed E-state index contributed by atoms with van der Waals surface area (Å²) in [5.41, 5.74) is 0. The molecule has 0 spiro atoms. The van der Waals surface area contributed by atoms with Crippen LogP contribution in [0.25, 0.3) is 0 Å². The number of hydrogen-bond donors (Lipinski definition) is 1. The molecule has 74 valence electrons. The van der Waals surface area contributed by atoms with E-state index in [4.69, 9.17) is 19.3 Å². The summed E-state index contributed by atoms with van der Waals surface area (Å²) in [5, 5.41) is 8.45. The molecule has 0 fully saturated rings. The number of hydrogen-bond acceptors (Lipinski definition) is 4. The number of aliphatic hydroxyl groups is 1. The van der Waals surface area contributed by atoms with Crippen LogP contribution in [0.4, 0.5) is 0 Å². The topological polar surface area (TPSA) is 47.9 Å². The molecule has 0 rings (SSSR count). The summed E-state index contributed by atoms with van der Waals surface area (Å²) in [6.45, 7) is 4.57. The van der Waals surface area contributed by atoms with Crippen molar-refractivity contribution in [3.8, 4) is 0 Å². The zero-order valence-corrected chi connectivity index (χ0v) is 7.95. The molecule has 0 aromatic heterocycles. The lowest BCUT2D eigenvalue weighted by atomic mass is 10.4. The third-order valence-electron chi connectivity index (χ3n) is 1.27. The van der Waals surface area contributed by atoms with Crippen molar-refractivity contribution in [2.45, 2.75) is 26.2 Å². The second-order valence-electron chi connectivity index (χ2n) is 2.56. The van der Waals surface area contributed by atoms with E-state index in [1.165, 1.54) is 0 Å². The highest BCUT2D eigenvalue weighted by atomic mass is 16.7. The Balaban J connectivity index is 3.33. The zero-order chi connectivity index (χ0) is 9.40. The van der Waals surface area contributed by atoms with Crippen molar-refractivity contribution in [3.05, 3.63) is 0 Å². The van der Waals surface area contributed by atoms with Crippen LogP contribution in [0.1, 0.15) is 13.8 Å². The molecule has 2 atom stereocenters. The van der Waals surface area contributed by atoms with Gasteiger partial charge in [0.25, 0.3) is 0 Å². The minimum Gasteiger partial charge on any atom is -0.394 e. The van der Waals surface area contributed by atoms with E-state index < -0.39 is 0 Å². The summed E-state index contributed by atoms with van der Waals surface area (Å²) in [6, 6.07) is 0. The van der Waals surface area contributed by atoms with E-state index in [1.807, 2.05) is 6.92 Å². The Morgan fingerprint density at radius 3 is 2.50 bits per heavy atom. The molecule has 0 aliphatic carbocycles. The lowest BCUT2D eigenvalue weighted by molar-refractivity contribution is -0.169. The van der Waals surface area contributed by atoms with Crippen molar-refractivity contribution in [1.82, 2.24) is 0 Å². The van der Waals surface area contributed by atoms with Crippen molar-refractivity contribution in [3.63, 3.8) is 0 Å². The Bertz CT molecular complexity index is 97.1. The molecule has 2 unspecified atom stereocenters. The zero-order valence-electron chi connectivity index (χ0n) is 7.95. The minimum atomic E-state index is -0.290. The molecule has 0 amide bonds. The first-order chi connectivity index (χ1) is 5.70. The van der Waals surface area contributed by atoms with E-state index >= 15 is 0 Å². The highest BCUT2D eigenvalue weighted by Crippen LogP contribution is 1.99. The fraction of sp³-hybridized carbons (Fsp3) is 1.00. The van der Waals surface area contributed by atoms with Crippen LogP contribution in [0.2, 0.25) is 0 Å². The van der Waals surface area contributed by atoms with Crippen LogP contribution in [-0.4, -0.2) is 44.4 Å². The van der Waals surface area contributed by atoms with Gasteiger partial charge in [-0.25, -0.2) is 0 Å². The van der Waals surface area contributed by atoms with Gasteiger partial charge in [0.1, 0.15) is 0 Å². The first-order valence-corrected chi connectivity index (χ1v) is 4.07. The van der Waals surface area contributed by atoms with Crippen LogP contribution in [0, 0.1) is 0 Å². The summed E-state index contributed by atoms with van der Waals surface area (Å²) in [4.78, 5) is 0. The number of aliphatic hydroxyl groups excluding tert-OH is 1. The highest BCUT2D eigenvalue weighted by Gasteiger charge is 2.07. The maximum absolute atomic E-state index is 8.45. The van der Waals surface area contributed by atoms with Gasteiger partial charge in [-0.3, -0.25) is 0 Å². The molecule has 0 aliphatic heterocycles. The molecule has 0 saturated heterocycles. The number of methoxy groups -OCH3 is 1. The lowest BCUT2D eigenvalue weighted by Crippen LogP contribution is -2.24. The molecule has 0 heterocycles. The van der Waals surface area contributed by atoms with Crippen molar-refractivity contribution < 1.29 is 19.3 Å². The Kier molecular flexibility index (Phi) is 7.39. The standard InChI is InChI=1S/C8H18O4/c1-7(6-10-3)12-8(2)11-5-4-9/h7-9H,4-6H2,1-3H3. The minimum absolute atomic E-state index is 0.0173. The monoisotopic (exact) mass is 178 g/mol. The van der Waals surface area contributed by atoms with Gasteiger partial charge in [-0.05, 0) is 13.8 Å². The maximum Gasteiger partial charge on any atom is 0.155 e. The number of ether oxygens (including phenoxy) is 3. The Labute approximate surface area is 73.4 Å². The van der Waals surface area contributed by atoms with E-state index in [0.717, 1.165) is 0 Å². The summed E-state index contributed by atoms with van der Waals surface area (Å²) in [5.74, 6) is 0. The van der Waals surface area contributed by atoms with Crippen molar-refractivity contribution in [2.24, 2.45) is 0 Å². The van der Waals surface area contributed by atoms with Crippen LogP contribution >= 0.6 is 0 Å². The molecule has 0 aromatic rings. The first-order valence-electron chi connectivity index (χ1n) is 4.07. The van der Waals surface area contributed by atoms with Crippen molar-refractivity contribution >= 4 is 0 Å². The highest BCUT2D eigenvalue weighted by molar-refractivity contribution is 4.46. The second-order valence-corrected chi connectivity index (χ2v) is 2.56. The Morgan fingerprint density at radius 2 is 2.00 bits per heavy atom. The predicted molar refractivity (Wildman–Crippen MR) is 44.9 cm³/mol. The average molecular weight is 178 g/mol. The van der Waals surface area contributed by atoms with Gasteiger partial charge < -0.3 is 19.3 Å². The third kappa shape index (κ3) is 6.54. The summed E-state index contributed by atoms with van der Waals surface area (Å²) < 4.78 is 15.3. The fourth-order valence-corrected chi connectivity index (χ4v) is 0.859. The van der Waals surface area contributed by atoms with Gasteiger partial charge in [-0.1, -0.05) is 0 Å². The normalized spacial score (nSPS) is 16.0. The quantitative estimate of drug-likeness (QED) is 0.573. The van der Waals surface area contributed by atoms with Gasteiger partial charge in [0.05, 0.1) is 25.9 Å². The summed E-state index contributed by atoms with van der Waals surface area (Å²) in [7, 11) is 1.62. The molecule has 0 bridgehead atoms. The molecule has 1 N–H and O–H groups in total. The lowest BCUT2D eigenvalue weighted by Gasteiger charge is -2.18. The molecule has 4 nitrogen and oxygen atoms in total. The fourth-order valence-electron chi connectivity index (χ4n) is 0.859. The van der Waals surface area contributed by atoms with Gasteiger partial charge >= 0.3 is 0 Å². The first kappa shape index (κ1) is 11.8. The molecule has 0 radical (unpaired) electrons. The van der Waals surface area contributed by atoms with Crippen molar-refractivity contribution in [1.29, 1.82) is 0 Å². The van der Waals surface area contributed by atoms with Crippen LogP contribution < -0.4 is 0 Å². The van der Waals surface area contributed by atoms with E-state index in [2.05, 4.69) is 0 Å². The van der Waals surface area contributed by atoms with E-state index in [9.17, 15) is 0 Å². The van der Waals surface area contributed by atoms with E-state index in [0.29, 0.717) is 13.2 Å². The molecule has 0 saturated carbocycles. The molecule has 4 heteroatoms. The maximum atomic E-state index is 8.45. The van der Waals surface area contributed by atoms with Crippen LogP contribution in [-0.2, 0) is 14.2 Å². The largest absolute Gasteiger partial charge is 0.394 e. The summed E-state index contributed by atoms with van der Waals surface area (Å²) in [6.07, 6.45) is -0.272. The average Bonchev–Trinajstić information content (AvgIpc) is 2.01. The van der Waals surface area contributed by atoms with E-state index in [1.54, 1.807) is 14.0 Å². The predicted octanol–water partition coefficient (Wildman–Crippen LogP) is 0.393. The Morgan fingerprint density at radius 1 is 1.33 bits per heavy atom. The molecular formula is C8H18O4. The molecule has 12 heavy (non-hydrogen) atoms. The molecule has 0 aromatic carbocycles. The summed E-state index contributed by atoms with van der Waals surface area (Å²) >= 11 is 0. The second kappa shape index (κ2) is 7.49. The van der Waals surface area contributed by atoms with Crippen LogP contribution in [0.5, 0.6) is 0 Å². The van der Waals surface area contributed by atoms with Gasteiger partial charge in [0.15, 0.2) is 6.29 Å². The van der Waals surface area contributed by atoms with Crippen LogP contribution in [0.3, 0.4) is 0 Å². The van der Waals surface area contributed by atoms with Crippen LogP contribution in [0.15, 0.2) is 0 Å². The van der Waals surface area contributed by atoms with Gasteiger partial charge in [0, 0.05) is 7.11 Å². The van der Waals surface area contributed by atoms with E-state index in [-0.39, 0.29) is 19.0 Å². The number of rotatable bonds is 7. The molecule has 0 aliphatic rings. The third-order valence-corrected chi connectivity index (χ3v) is 1.27. The van der Waals surface area contributed by atoms with Gasteiger partial charge in [0.2, 0.25) is 0 Å². The van der Waals surface area contributed by atoms with Crippen molar-refractivity contribution in [2.75, 3.05) is 26.9 Å². The smallest absolute Gasteiger partial charge is 0.155 e. The van der Waals surface area contributed by atoms with Gasteiger partial charge in [-0.2, -0.15) is 0 Å².